The first-order valence-corrected chi connectivity index (χ1v) is 23.2. The normalized spacial score (nSPS) is 12.1. The first kappa shape index (κ1) is 51.1. The van der Waals surface area contributed by atoms with Crippen molar-refractivity contribution in [3.05, 3.63) is 0 Å². The molecule has 0 aliphatic rings. The second-order valence-electron chi connectivity index (χ2n) is 14.4. The summed E-state index contributed by atoms with van der Waals surface area (Å²) in [6.45, 7) is 15.3. The van der Waals surface area contributed by atoms with Crippen LogP contribution in [-0.4, -0.2) is 64.8 Å². The molecular formula is C41H88NO6P. The topological polar surface area (TPSA) is 99.5 Å². The van der Waals surface area contributed by atoms with Crippen molar-refractivity contribution in [3.63, 3.8) is 0 Å². The molecule has 0 aliphatic carbocycles. The lowest BCUT2D eigenvalue weighted by Crippen LogP contribution is -2.37. The van der Waals surface area contributed by atoms with Crippen LogP contribution in [0.2, 0.25) is 0 Å². The Labute approximate surface area is 306 Å². The highest BCUT2D eigenvalue weighted by atomic mass is 31.2. The summed E-state index contributed by atoms with van der Waals surface area (Å²) in [5.41, 5.74) is 0. The van der Waals surface area contributed by atoms with Crippen LogP contribution in [0.5, 0.6) is 0 Å². The molecular weight excluding hydrogens is 633 g/mol. The molecule has 0 radical (unpaired) electrons. The van der Waals surface area contributed by atoms with Crippen LogP contribution < -0.4 is 0 Å². The van der Waals surface area contributed by atoms with Gasteiger partial charge in [0, 0.05) is 6.42 Å². The average Bonchev–Trinajstić information content (AvgIpc) is 3.08. The summed E-state index contributed by atoms with van der Waals surface area (Å²) in [6, 6.07) is 0. The molecule has 0 saturated carbocycles. The van der Waals surface area contributed by atoms with Gasteiger partial charge in [-0.1, -0.05) is 202 Å². The lowest BCUT2D eigenvalue weighted by Gasteiger charge is -2.28. The molecule has 0 heterocycles. The van der Waals surface area contributed by atoms with Gasteiger partial charge in [-0.2, -0.15) is 0 Å². The minimum absolute atomic E-state index is 0.214. The molecule has 0 amide bonds. The van der Waals surface area contributed by atoms with Crippen molar-refractivity contribution in [2.75, 3.05) is 39.0 Å². The highest BCUT2D eigenvalue weighted by Crippen LogP contribution is 2.37. The van der Waals surface area contributed by atoms with Crippen LogP contribution in [0.4, 0.5) is 0 Å². The van der Waals surface area contributed by atoms with Crippen LogP contribution in [0.25, 0.3) is 0 Å². The fraction of sp³-hybridized carbons (Fsp3) is 1.00. The van der Waals surface area contributed by atoms with Crippen molar-refractivity contribution < 1.29 is 28.9 Å². The van der Waals surface area contributed by atoms with E-state index in [-0.39, 0.29) is 6.42 Å². The Bertz CT molecular complexity index is 633. The largest absolute Gasteiger partial charge is 0.343 e. The minimum Gasteiger partial charge on any atom is -0.343 e. The van der Waals surface area contributed by atoms with Gasteiger partial charge in [0.1, 0.15) is 0 Å². The van der Waals surface area contributed by atoms with Gasteiger partial charge in [-0.05, 0) is 32.5 Å². The number of hydrogen-bond donors (Lipinski definition) is 3. The van der Waals surface area contributed by atoms with E-state index in [4.69, 9.17) is 9.47 Å². The van der Waals surface area contributed by atoms with Gasteiger partial charge >= 0.3 is 7.60 Å². The van der Waals surface area contributed by atoms with Gasteiger partial charge < -0.3 is 29.3 Å². The molecule has 0 atom stereocenters. The van der Waals surface area contributed by atoms with Gasteiger partial charge in [0.25, 0.3) is 5.97 Å². The Morgan fingerprint density at radius 2 is 0.694 bits per heavy atom. The summed E-state index contributed by atoms with van der Waals surface area (Å²) in [5, 5.41) is 10.8. The van der Waals surface area contributed by atoms with E-state index in [2.05, 4.69) is 39.5 Å². The van der Waals surface area contributed by atoms with Crippen LogP contribution >= 0.6 is 7.60 Å². The van der Waals surface area contributed by atoms with Gasteiger partial charge in [0.05, 0.1) is 19.4 Å². The van der Waals surface area contributed by atoms with Crippen LogP contribution in [0.3, 0.4) is 0 Å². The maximum Gasteiger partial charge on any atom is 0.325 e. The number of nitrogens with zero attached hydrogens (tertiary/aromatic N) is 1. The van der Waals surface area contributed by atoms with E-state index in [1.807, 2.05) is 0 Å². The monoisotopic (exact) mass is 722 g/mol. The SMILES string of the molecule is CCCCCCCCCCCCCCCCOC(O)(CCP(=O)(O)O)OCCCCCCCCCCCCCCCC.CCN(CC)CC. The van der Waals surface area contributed by atoms with Crippen LogP contribution in [0, 0.1) is 0 Å². The molecule has 0 bridgehead atoms. The number of unbranched alkanes of at least 4 members (excludes halogenated alkanes) is 26. The summed E-state index contributed by atoms with van der Waals surface area (Å²) < 4.78 is 22.7. The number of rotatable bonds is 38. The molecule has 0 aromatic rings. The molecule has 8 heteroatoms. The van der Waals surface area contributed by atoms with Gasteiger partial charge in [-0.25, -0.2) is 0 Å². The molecule has 0 saturated heterocycles. The summed E-state index contributed by atoms with van der Waals surface area (Å²) in [4.78, 5) is 20.9. The van der Waals surface area contributed by atoms with Crippen molar-refractivity contribution in [1.82, 2.24) is 4.90 Å². The van der Waals surface area contributed by atoms with Crippen LogP contribution in [0.15, 0.2) is 0 Å². The van der Waals surface area contributed by atoms with Gasteiger partial charge in [-0.3, -0.25) is 4.57 Å². The summed E-state index contributed by atoms with van der Waals surface area (Å²) in [6.07, 6.45) is 35.0. The van der Waals surface area contributed by atoms with Gasteiger partial charge in [0.15, 0.2) is 0 Å². The summed E-state index contributed by atoms with van der Waals surface area (Å²) >= 11 is 0. The van der Waals surface area contributed by atoms with Crippen molar-refractivity contribution in [2.24, 2.45) is 0 Å². The van der Waals surface area contributed by atoms with Gasteiger partial charge in [-0.15, -0.1) is 0 Å². The summed E-state index contributed by atoms with van der Waals surface area (Å²) in [5.74, 6) is -1.91. The highest BCUT2D eigenvalue weighted by molar-refractivity contribution is 7.51. The zero-order chi connectivity index (χ0) is 36.7. The molecule has 3 N–H and O–H groups in total. The van der Waals surface area contributed by atoms with E-state index in [9.17, 15) is 19.5 Å². The third-order valence-electron chi connectivity index (χ3n) is 9.71. The van der Waals surface area contributed by atoms with E-state index in [0.29, 0.717) is 13.2 Å². The van der Waals surface area contributed by atoms with Crippen molar-refractivity contribution in [1.29, 1.82) is 0 Å². The molecule has 7 nitrogen and oxygen atoms in total. The second kappa shape index (κ2) is 39.2. The quantitative estimate of drug-likeness (QED) is 0.0331. The predicted octanol–water partition coefficient (Wildman–Crippen LogP) is 12.5. The van der Waals surface area contributed by atoms with Crippen LogP contribution in [-0.2, 0) is 14.0 Å². The Kier molecular flexibility index (Phi) is 40.9. The zero-order valence-corrected chi connectivity index (χ0v) is 34.6. The number of aliphatic hydroxyl groups is 1. The predicted molar refractivity (Wildman–Crippen MR) is 212 cm³/mol. The van der Waals surface area contributed by atoms with E-state index in [1.54, 1.807) is 0 Å². The number of hydrogen-bond acceptors (Lipinski definition) is 5. The fourth-order valence-electron chi connectivity index (χ4n) is 6.20. The maximum atomic E-state index is 11.4. The second-order valence-corrected chi connectivity index (χ2v) is 16.1. The Morgan fingerprint density at radius 3 is 0.898 bits per heavy atom. The molecule has 0 unspecified atom stereocenters. The smallest absolute Gasteiger partial charge is 0.325 e. The molecule has 0 spiro atoms. The maximum absolute atomic E-state index is 11.4. The zero-order valence-electron chi connectivity index (χ0n) is 33.7. The van der Waals surface area contributed by atoms with E-state index in [0.717, 1.165) is 38.5 Å². The minimum atomic E-state index is -4.23. The molecule has 49 heavy (non-hydrogen) atoms. The molecule has 0 aromatic carbocycles. The third kappa shape index (κ3) is 42.3. The van der Waals surface area contributed by atoms with Crippen molar-refractivity contribution in [2.45, 2.75) is 227 Å². The average molecular weight is 722 g/mol. The van der Waals surface area contributed by atoms with Crippen molar-refractivity contribution in [3.8, 4) is 0 Å². The molecule has 0 aliphatic heterocycles. The first-order valence-electron chi connectivity index (χ1n) is 21.4. The molecule has 298 valence electrons. The first-order chi connectivity index (χ1) is 23.7. The Balaban J connectivity index is 0. The lowest BCUT2D eigenvalue weighted by molar-refractivity contribution is -0.361. The lowest BCUT2D eigenvalue weighted by atomic mass is 10.0. The van der Waals surface area contributed by atoms with E-state index < -0.39 is 19.7 Å². The Hall–Kier alpha value is -0.0100. The van der Waals surface area contributed by atoms with E-state index >= 15 is 0 Å². The fourth-order valence-corrected chi connectivity index (χ4v) is 6.77. The van der Waals surface area contributed by atoms with E-state index in [1.165, 1.54) is 161 Å². The highest BCUT2D eigenvalue weighted by Gasteiger charge is 2.32. The molecule has 0 rings (SSSR count). The number of ether oxygens (including phenoxy) is 2. The Morgan fingerprint density at radius 1 is 0.449 bits per heavy atom. The summed E-state index contributed by atoms with van der Waals surface area (Å²) in [7, 11) is -4.23. The van der Waals surface area contributed by atoms with Gasteiger partial charge in [0.2, 0.25) is 0 Å². The molecule has 0 fully saturated rings. The molecule has 0 aromatic heterocycles. The van der Waals surface area contributed by atoms with Crippen LogP contribution in [0.1, 0.15) is 221 Å². The van der Waals surface area contributed by atoms with Crippen molar-refractivity contribution >= 4 is 7.60 Å². The standard InChI is InChI=1S/C35H73O6P.C6H15N/c1-3-5-7-9-11-13-15-17-19-21-23-25-27-29-32-40-35(36,31-34-42(37,38)39)41-33-30-28-26-24-22-20-18-16-14-12-10-8-6-4-2;1-4-7(5-2)6-3/h36H,3-34H2,1-2H3,(H2,37,38,39);4-6H2,1-3H3. The third-order valence-corrected chi connectivity index (χ3v) is 10.5.